The van der Waals surface area contributed by atoms with E-state index < -0.39 is 27.3 Å². The lowest BCUT2D eigenvalue weighted by Crippen LogP contribution is -2.08. The van der Waals surface area contributed by atoms with Crippen molar-refractivity contribution in [3.8, 4) is 0 Å². The number of rotatable bonds is 3. The molecule has 2 rings (SSSR count). The fourth-order valence-corrected chi connectivity index (χ4v) is 3.23. The molecule has 0 bridgehead atoms. The van der Waals surface area contributed by atoms with Crippen LogP contribution in [0.3, 0.4) is 0 Å². The van der Waals surface area contributed by atoms with Crippen LogP contribution >= 0.6 is 0 Å². The molecule has 112 valence electrons. The van der Waals surface area contributed by atoms with Gasteiger partial charge in [0.15, 0.2) is 9.84 Å². The summed E-state index contributed by atoms with van der Waals surface area (Å²) in [6, 6.07) is 9.92. The fraction of sp³-hybridized carbons (Fsp3) is 0.143. The van der Waals surface area contributed by atoms with Crippen molar-refractivity contribution in [2.75, 3.05) is 5.73 Å². The van der Waals surface area contributed by atoms with Crippen molar-refractivity contribution in [3.63, 3.8) is 0 Å². The molecule has 0 heterocycles. The average molecular weight is 315 g/mol. The van der Waals surface area contributed by atoms with Gasteiger partial charge in [-0.15, -0.1) is 0 Å². The number of hydrogen-bond donors (Lipinski definition) is 1. The number of benzene rings is 2. The zero-order chi connectivity index (χ0) is 15.7. The van der Waals surface area contributed by atoms with E-state index in [0.29, 0.717) is 0 Å². The van der Waals surface area contributed by atoms with Gasteiger partial charge in [0.1, 0.15) is 0 Å². The quantitative estimate of drug-likeness (QED) is 0.884. The topological polar surface area (TPSA) is 60.2 Å². The Morgan fingerprint density at radius 2 is 1.67 bits per heavy atom. The molecule has 3 nitrogen and oxygen atoms in total. The van der Waals surface area contributed by atoms with Crippen LogP contribution in [0.1, 0.15) is 11.1 Å². The van der Waals surface area contributed by atoms with Gasteiger partial charge in [0.25, 0.3) is 0 Å². The molecule has 2 aromatic carbocycles. The largest absolute Gasteiger partial charge is 0.416 e. The Kier molecular flexibility index (Phi) is 3.95. The van der Waals surface area contributed by atoms with Gasteiger partial charge in [0.2, 0.25) is 0 Å². The van der Waals surface area contributed by atoms with Crippen molar-refractivity contribution in [2.45, 2.75) is 16.8 Å². The molecule has 0 aromatic heterocycles. The molecule has 0 radical (unpaired) electrons. The Balaban J connectivity index is 2.33. The first kappa shape index (κ1) is 15.4. The fourth-order valence-electron chi connectivity index (χ4n) is 1.85. The van der Waals surface area contributed by atoms with E-state index in [2.05, 4.69) is 0 Å². The summed E-state index contributed by atoms with van der Waals surface area (Å²) in [5.74, 6) is -0.514. The minimum atomic E-state index is -4.50. The van der Waals surface area contributed by atoms with Gasteiger partial charge in [-0.25, -0.2) is 8.42 Å². The Hall–Kier alpha value is -2.02. The molecule has 0 unspecified atom stereocenters. The molecule has 0 amide bonds. The molecule has 21 heavy (non-hydrogen) atoms. The van der Waals surface area contributed by atoms with Crippen molar-refractivity contribution in [2.24, 2.45) is 0 Å². The predicted molar refractivity (Wildman–Crippen MR) is 73.2 cm³/mol. The van der Waals surface area contributed by atoms with E-state index in [1.807, 2.05) is 0 Å². The maximum Gasteiger partial charge on any atom is 0.416 e. The predicted octanol–water partition coefficient (Wildman–Crippen LogP) is 3.26. The number of halogens is 3. The second-order valence-corrected chi connectivity index (χ2v) is 6.52. The first-order valence-corrected chi connectivity index (χ1v) is 7.58. The van der Waals surface area contributed by atoms with Crippen LogP contribution < -0.4 is 5.73 Å². The van der Waals surface area contributed by atoms with Crippen molar-refractivity contribution in [1.82, 2.24) is 0 Å². The van der Waals surface area contributed by atoms with E-state index >= 15 is 0 Å². The summed E-state index contributed by atoms with van der Waals surface area (Å²) in [4.78, 5) is -0.0140. The second-order valence-electron chi connectivity index (χ2n) is 4.53. The molecule has 0 aliphatic heterocycles. The number of sulfone groups is 1. The zero-order valence-corrected chi connectivity index (χ0v) is 11.6. The highest BCUT2D eigenvalue weighted by atomic mass is 32.2. The van der Waals surface area contributed by atoms with E-state index in [0.717, 1.165) is 12.1 Å². The molecule has 0 saturated heterocycles. The van der Waals surface area contributed by atoms with Crippen LogP contribution in [-0.4, -0.2) is 8.42 Å². The van der Waals surface area contributed by atoms with Crippen LogP contribution in [0.2, 0.25) is 0 Å². The lowest BCUT2D eigenvalue weighted by Gasteiger charge is -2.09. The van der Waals surface area contributed by atoms with Crippen LogP contribution in [0.15, 0.2) is 53.4 Å². The minimum absolute atomic E-state index is 0.0140. The van der Waals surface area contributed by atoms with Gasteiger partial charge < -0.3 is 5.73 Å². The third kappa shape index (κ3) is 3.75. The SMILES string of the molecule is Nc1cccc(S(=O)(=O)Cc2cccc(C(F)(F)F)c2)c1. The van der Waals surface area contributed by atoms with Gasteiger partial charge in [-0.05, 0) is 29.8 Å². The van der Waals surface area contributed by atoms with E-state index in [1.165, 1.54) is 36.4 Å². The second kappa shape index (κ2) is 5.40. The molecule has 0 saturated carbocycles. The van der Waals surface area contributed by atoms with Gasteiger partial charge in [0, 0.05) is 5.69 Å². The van der Waals surface area contributed by atoms with Crippen molar-refractivity contribution < 1.29 is 21.6 Å². The third-order valence-electron chi connectivity index (χ3n) is 2.83. The number of alkyl halides is 3. The lowest BCUT2D eigenvalue weighted by atomic mass is 10.1. The Morgan fingerprint density at radius 3 is 2.29 bits per heavy atom. The normalized spacial score (nSPS) is 12.3. The van der Waals surface area contributed by atoms with E-state index in [4.69, 9.17) is 5.73 Å². The highest BCUT2D eigenvalue weighted by molar-refractivity contribution is 7.90. The Bertz CT molecular complexity index is 755. The summed E-state index contributed by atoms with van der Waals surface area (Å²) in [6.07, 6.45) is -4.50. The highest BCUT2D eigenvalue weighted by Crippen LogP contribution is 2.30. The van der Waals surface area contributed by atoms with Crippen LogP contribution in [0.25, 0.3) is 0 Å². The van der Waals surface area contributed by atoms with Crippen molar-refractivity contribution >= 4 is 15.5 Å². The van der Waals surface area contributed by atoms with E-state index in [-0.39, 0.29) is 16.1 Å². The molecular weight excluding hydrogens is 303 g/mol. The number of hydrogen-bond acceptors (Lipinski definition) is 3. The van der Waals surface area contributed by atoms with E-state index in [9.17, 15) is 21.6 Å². The lowest BCUT2D eigenvalue weighted by molar-refractivity contribution is -0.137. The maximum atomic E-state index is 12.6. The van der Waals surface area contributed by atoms with Gasteiger partial charge in [-0.2, -0.15) is 13.2 Å². The smallest absolute Gasteiger partial charge is 0.399 e. The molecule has 0 spiro atoms. The van der Waals surface area contributed by atoms with Gasteiger partial charge >= 0.3 is 6.18 Å². The number of anilines is 1. The van der Waals surface area contributed by atoms with Crippen molar-refractivity contribution in [3.05, 3.63) is 59.7 Å². The van der Waals surface area contributed by atoms with Crippen LogP contribution in [0.4, 0.5) is 18.9 Å². The molecule has 2 aromatic rings. The highest BCUT2D eigenvalue weighted by Gasteiger charge is 2.30. The standard InChI is InChI=1S/C14H12F3NO2S/c15-14(16,17)11-4-1-3-10(7-11)9-21(19,20)13-6-2-5-12(18)8-13/h1-8H,9,18H2. The average Bonchev–Trinajstić information content (AvgIpc) is 2.37. The molecule has 0 aliphatic carbocycles. The number of nitrogens with two attached hydrogens (primary N) is 1. The summed E-state index contributed by atoms with van der Waals surface area (Å²) < 4.78 is 62.2. The van der Waals surface area contributed by atoms with E-state index in [1.54, 1.807) is 0 Å². The van der Waals surface area contributed by atoms with Crippen LogP contribution in [0.5, 0.6) is 0 Å². The van der Waals surface area contributed by atoms with Gasteiger partial charge in [0.05, 0.1) is 16.2 Å². The van der Waals surface area contributed by atoms with Crippen LogP contribution in [-0.2, 0) is 21.8 Å². The molecule has 0 aliphatic rings. The molecule has 7 heteroatoms. The first-order chi connectivity index (χ1) is 9.68. The summed E-state index contributed by atoms with van der Waals surface area (Å²) in [7, 11) is -3.75. The monoisotopic (exact) mass is 315 g/mol. The molecule has 0 fully saturated rings. The minimum Gasteiger partial charge on any atom is -0.399 e. The third-order valence-corrected chi connectivity index (χ3v) is 4.51. The molecular formula is C14H12F3NO2S. The summed E-state index contributed by atoms with van der Waals surface area (Å²) in [5, 5.41) is 0. The van der Waals surface area contributed by atoms with Gasteiger partial charge in [-0.1, -0.05) is 24.3 Å². The molecule has 2 N–H and O–H groups in total. The summed E-state index contributed by atoms with van der Waals surface area (Å²) in [6.45, 7) is 0. The summed E-state index contributed by atoms with van der Waals surface area (Å²) in [5.41, 5.74) is 5.00. The summed E-state index contributed by atoms with van der Waals surface area (Å²) >= 11 is 0. The Morgan fingerprint density at radius 1 is 1.00 bits per heavy atom. The van der Waals surface area contributed by atoms with Gasteiger partial charge in [-0.3, -0.25) is 0 Å². The van der Waals surface area contributed by atoms with Crippen molar-refractivity contribution in [1.29, 1.82) is 0 Å². The number of nitrogen functional groups attached to an aromatic ring is 1. The Labute approximate surface area is 120 Å². The zero-order valence-electron chi connectivity index (χ0n) is 10.8. The molecule has 0 atom stereocenters. The first-order valence-electron chi connectivity index (χ1n) is 5.93. The maximum absolute atomic E-state index is 12.6. The van der Waals surface area contributed by atoms with Crippen LogP contribution in [0, 0.1) is 0 Å².